The number of nitrogens with zero attached hydrogens (tertiary/aromatic N) is 1. The maximum absolute atomic E-state index is 4.73. The standard InChI is InChI=1S/C23H27N/c1-14(2)20-12-18-7-8-24-23(22(18)13-21(20)15(3)4)19-10-16(5)9-17(6)11-19/h7-15H,1-6H3. The molecule has 0 atom stereocenters. The van der Waals surface area contributed by atoms with Crippen LogP contribution in [-0.4, -0.2) is 4.98 Å². The Hall–Kier alpha value is -2.15. The van der Waals surface area contributed by atoms with Crippen LogP contribution >= 0.6 is 0 Å². The van der Waals surface area contributed by atoms with Crippen LogP contribution in [0.1, 0.15) is 61.8 Å². The fourth-order valence-corrected chi connectivity index (χ4v) is 3.60. The van der Waals surface area contributed by atoms with E-state index in [1.54, 1.807) is 0 Å². The van der Waals surface area contributed by atoms with Crippen LogP contribution < -0.4 is 0 Å². The molecule has 0 N–H and O–H groups in total. The Kier molecular flexibility index (Phi) is 4.45. The summed E-state index contributed by atoms with van der Waals surface area (Å²) in [5.74, 6) is 1.05. The zero-order valence-corrected chi connectivity index (χ0v) is 15.6. The Morgan fingerprint density at radius 3 is 1.92 bits per heavy atom. The maximum atomic E-state index is 4.73. The van der Waals surface area contributed by atoms with Gasteiger partial charge in [0.1, 0.15) is 0 Å². The first-order valence-corrected chi connectivity index (χ1v) is 8.88. The second-order valence-electron chi connectivity index (χ2n) is 7.55. The lowest BCUT2D eigenvalue weighted by atomic mass is 9.87. The van der Waals surface area contributed by atoms with E-state index >= 15 is 0 Å². The predicted octanol–water partition coefficient (Wildman–Crippen LogP) is 6.77. The van der Waals surface area contributed by atoms with Crippen molar-refractivity contribution < 1.29 is 0 Å². The van der Waals surface area contributed by atoms with E-state index in [2.05, 4.69) is 77.9 Å². The summed E-state index contributed by atoms with van der Waals surface area (Å²) in [6, 6.07) is 13.6. The molecule has 1 heteroatoms. The van der Waals surface area contributed by atoms with Gasteiger partial charge in [0.25, 0.3) is 0 Å². The number of aromatic nitrogens is 1. The fraction of sp³-hybridized carbons (Fsp3) is 0.348. The van der Waals surface area contributed by atoms with Gasteiger partial charge < -0.3 is 0 Å². The zero-order valence-electron chi connectivity index (χ0n) is 15.6. The Morgan fingerprint density at radius 2 is 1.33 bits per heavy atom. The van der Waals surface area contributed by atoms with Crippen LogP contribution in [0.2, 0.25) is 0 Å². The van der Waals surface area contributed by atoms with Crippen LogP contribution in [0.5, 0.6) is 0 Å². The molecule has 0 radical (unpaired) electrons. The monoisotopic (exact) mass is 317 g/mol. The molecule has 0 bridgehead atoms. The van der Waals surface area contributed by atoms with Gasteiger partial charge in [0.2, 0.25) is 0 Å². The third-order valence-electron chi connectivity index (χ3n) is 4.71. The molecule has 0 aliphatic rings. The number of hydrogen-bond acceptors (Lipinski definition) is 1. The second-order valence-corrected chi connectivity index (χ2v) is 7.55. The number of benzene rings is 2. The number of fused-ring (bicyclic) bond motifs is 1. The Morgan fingerprint density at radius 1 is 0.750 bits per heavy atom. The molecule has 0 spiro atoms. The van der Waals surface area contributed by atoms with E-state index in [0.717, 1.165) is 5.69 Å². The van der Waals surface area contributed by atoms with Crippen molar-refractivity contribution >= 4 is 10.8 Å². The summed E-state index contributed by atoms with van der Waals surface area (Å²) >= 11 is 0. The molecule has 24 heavy (non-hydrogen) atoms. The van der Waals surface area contributed by atoms with Gasteiger partial charge in [-0.3, -0.25) is 4.98 Å². The number of pyridine rings is 1. The second kappa shape index (κ2) is 6.39. The minimum atomic E-state index is 0.513. The molecule has 1 aromatic heterocycles. The van der Waals surface area contributed by atoms with Crippen molar-refractivity contribution in [2.24, 2.45) is 0 Å². The van der Waals surface area contributed by atoms with E-state index in [9.17, 15) is 0 Å². The molecule has 124 valence electrons. The van der Waals surface area contributed by atoms with E-state index in [4.69, 9.17) is 4.98 Å². The van der Waals surface area contributed by atoms with Gasteiger partial charge in [0.15, 0.2) is 0 Å². The van der Waals surface area contributed by atoms with Crippen LogP contribution in [-0.2, 0) is 0 Å². The van der Waals surface area contributed by atoms with E-state index < -0.39 is 0 Å². The molecule has 0 fully saturated rings. The molecule has 1 nitrogen and oxygen atoms in total. The summed E-state index contributed by atoms with van der Waals surface area (Å²) in [5.41, 5.74) is 7.77. The average Bonchev–Trinajstić information content (AvgIpc) is 2.51. The Bertz CT molecular complexity index is 868. The highest BCUT2D eigenvalue weighted by molar-refractivity contribution is 5.95. The first kappa shape index (κ1) is 16.7. The molecule has 0 aliphatic heterocycles. The Labute approximate surface area is 145 Å². The molecule has 3 aromatic rings. The van der Waals surface area contributed by atoms with Crippen LogP contribution in [0.25, 0.3) is 22.0 Å². The first-order valence-electron chi connectivity index (χ1n) is 8.88. The molecular weight excluding hydrogens is 290 g/mol. The minimum Gasteiger partial charge on any atom is -0.256 e. The summed E-state index contributed by atoms with van der Waals surface area (Å²) in [6.45, 7) is 13.4. The van der Waals surface area contributed by atoms with Gasteiger partial charge in [-0.1, -0.05) is 51.0 Å². The lowest BCUT2D eigenvalue weighted by molar-refractivity contribution is 0.793. The van der Waals surface area contributed by atoms with E-state index in [0.29, 0.717) is 11.8 Å². The molecule has 0 aliphatic carbocycles. The molecular formula is C23H27N. The van der Waals surface area contributed by atoms with Gasteiger partial charge in [0.05, 0.1) is 5.69 Å². The third kappa shape index (κ3) is 3.08. The van der Waals surface area contributed by atoms with Crippen molar-refractivity contribution in [3.63, 3.8) is 0 Å². The van der Waals surface area contributed by atoms with Gasteiger partial charge in [-0.15, -0.1) is 0 Å². The molecule has 0 saturated carbocycles. The fourth-order valence-electron chi connectivity index (χ4n) is 3.60. The van der Waals surface area contributed by atoms with E-state index in [1.165, 1.54) is 38.6 Å². The molecule has 3 rings (SSSR count). The highest BCUT2D eigenvalue weighted by Gasteiger charge is 2.14. The summed E-state index contributed by atoms with van der Waals surface area (Å²) in [7, 11) is 0. The highest BCUT2D eigenvalue weighted by atomic mass is 14.7. The summed E-state index contributed by atoms with van der Waals surface area (Å²) < 4.78 is 0. The van der Waals surface area contributed by atoms with Crippen molar-refractivity contribution in [2.45, 2.75) is 53.4 Å². The van der Waals surface area contributed by atoms with Gasteiger partial charge in [-0.05, 0) is 66.5 Å². The summed E-state index contributed by atoms with van der Waals surface area (Å²) in [6.07, 6.45) is 1.94. The average molecular weight is 317 g/mol. The highest BCUT2D eigenvalue weighted by Crippen LogP contribution is 2.34. The molecule has 1 heterocycles. The smallest absolute Gasteiger partial charge is 0.0780 e. The van der Waals surface area contributed by atoms with Crippen LogP contribution in [0.3, 0.4) is 0 Å². The SMILES string of the molecule is Cc1cc(C)cc(-c2nccc3cc(C(C)C)c(C(C)C)cc23)c1. The van der Waals surface area contributed by atoms with Crippen LogP contribution in [0.15, 0.2) is 42.6 Å². The van der Waals surface area contributed by atoms with Gasteiger partial charge >= 0.3 is 0 Å². The lowest BCUT2D eigenvalue weighted by Gasteiger charge is -2.18. The quantitative estimate of drug-likeness (QED) is 0.519. The van der Waals surface area contributed by atoms with Crippen LogP contribution in [0.4, 0.5) is 0 Å². The van der Waals surface area contributed by atoms with Crippen molar-refractivity contribution in [1.82, 2.24) is 4.98 Å². The normalized spacial score (nSPS) is 11.7. The van der Waals surface area contributed by atoms with Crippen molar-refractivity contribution in [3.8, 4) is 11.3 Å². The minimum absolute atomic E-state index is 0.513. The largest absolute Gasteiger partial charge is 0.256 e. The third-order valence-corrected chi connectivity index (χ3v) is 4.71. The van der Waals surface area contributed by atoms with Gasteiger partial charge in [0, 0.05) is 17.1 Å². The summed E-state index contributed by atoms with van der Waals surface area (Å²) in [5, 5.41) is 2.54. The zero-order chi connectivity index (χ0) is 17.4. The number of rotatable bonds is 3. The Balaban J connectivity index is 2.32. The molecule has 0 amide bonds. The lowest BCUT2D eigenvalue weighted by Crippen LogP contribution is -2.00. The van der Waals surface area contributed by atoms with Crippen molar-refractivity contribution in [1.29, 1.82) is 0 Å². The topological polar surface area (TPSA) is 12.9 Å². The molecule has 0 saturated heterocycles. The van der Waals surface area contributed by atoms with E-state index in [1.807, 2.05) is 6.20 Å². The van der Waals surface area contributed by atoms with Crippen molar-refractivity contribution in [2.75, 3.05) is 0 Å². The summed E-state index contributed by atoms with van der Waals surface area (Å²) in [4.78, 5) is 4.73. The first-order chi connectivity index (χ1) is 11.4. The van der Waals surface area contributed by atoms with Crippen LogP contribution in [0, 0.1) is 13.8 Å². The molecule has 0 unspecified atom stereocenters. The van der Waals surface area contributed by atoms with Crippen molar-refractivity contribution in [3.05, 3.63) is 64.8 Å². The predicted molar refractivity (Wildman–Crippen MR) is 105 cm³/mol. The van der Waals surface area contributed by atoms with E-state index in [-0.39, 0.29) is 0 Å². The maximum Gasteiger partial charge on any atom is 0.0780 e. The van der Waals surface area contributed by atoms with Gasteiger partial charge in [-0.25, -0.2) is 0 Å². The molecule has 2 aromatic carbocycles. The number of aryl methyl sites for hydroxylation is 2. The number of hydrogen-bond donors (Lipinski definition) is 0. The van der Waals surface area contributed by atoms with Gasteiger partial charge in [-0.2, -0.15) is 0 Å².